The van der Waals surface area contributed by atoms with Gasteiger partial charge >= 0.3 is 0 Å². The van der Waals surface area contributed by atoms with Gasteiger partial charge in [-0.1, -0.05) is 13.8 Å². The van der Waals surface area contributed by atoms with Crippen molar-refractivity contribution in [1.29, 1.82) is 0 Å². The summed E-state index contributed by atoms with van der Waals surface area (Å²) in [6, 6.07) is 2.94. The lowest BCUT2D eigenvalue weighted by Crippen LogP contribution is -2.99. The number of hydrogen-bond donors (Lipinski definition) is 2. The molecule has 6 heteroatoms. The molecule has 0 saturated heterocycles. The van der Waals surface area contributed by atoms with Crippen LogP contribution in [0.2, 0.25) is 0 Å². The van der Waals surface area contributed by atoms with E-state index in [0.717, 1.165) is 12.8 Å². The average molecular weight is 256 g/mol. The maximum Gasteiger partial charge on any atom is 0.283 e. The lowest BCUT2D eigenvalue weighted by atomic mass is 10.1. The van der Waals surface area contributed by atoms with Crippen molar-refractivity contribution >= 4 is 5.69 Å². The highest BCUT2D eigenvalue weighted by molar-refractivity contribution is 5.42. The second kappa shape index (κ2) is 7.15. The fourth-order valence-corrected chi connectivity index (χ4v) is 1.47. The lowest BCUT2D eigenvalue weighted by molar-refractivity contribution is -0.991. The number of aromatic nitrogens is 1. The van der Waals surface area contributed by atoms with E-state index in [4.69, 9.17) is 14.7 Å². The molecule has 1 aromatic heterocycles. The third-order valence-electron chi connectivity index (χ3n) is 2.44. The van der Waals surface area contributed by atoms with E-state index in [9.17, 15) is 5.21 Å². The quantitative estimate of drug-likeness (QED) is 0.568. The first-order valence-electron chi connectivity index (χ1n) is 5.95. The summed E-state index contributed by atoms with van der Waals surface area (Å²) in [5.74, 6) is 1.07. The molecule has 2 N–H and O–H groups in total. The van der Waals surface area contributed by atoms with Crippen LogP contribution < -0.4 is 14.7 Å². The van der Waals surface area contributed by atoms with Crippen molar-refractivity contribution in [3.63, 3.8) is 0 Å². The van der Waals surface area contributed by atoms with E-state index in [1.165, 1.54) is 19.2 Å². The number of hydrogen-bond acceptors (Lipinski definition) is 5. The lowest BCUT2D eigenvalue weighted by Gasteiger charge is -2.15. The molecule has 0 fully saturated rings. The number of methoxy groups -OCH3 is 1. The predicted molar refractivity (Wildman–Crippen MR) is 66.1 cm³/mol. The predicted octanol–water partition coefficient (Wildman–Crippen LogP) is 1.31. The van der Waals surface area contributed by atoms with E-state index < -0.39 is 5.23 Å². The topological polar surface area (TPSA) is 79.1 Å². The van der Waals surface area contributed by atoms with Crippen LogP contribution in [0, 0.1) is 11.1 Å². The summed E-state index contributed by atoms with van der Waals surface area (Å²) in [5.41, 5.74) is 0.0559. The number of pyridine rings is 1. The number of rotatable bonds is 7. The maximum atomic E-state index is 11.0. The fraction of sp³-hybridized carbons (Fsp3) is 0.583. The monoisotopic (exact) mass is 256 g/mol. The zero-order chi connectivity index (χ0) is 13.5. The molecule has 6 nitrogen and oxygen atoms in total. The van der Waals surface area contributed by atoms with Crippen LogP contribution in [0.5, 0.6) is 11.8 Å². The van der Waals surface area contributed by atoms with Gasteiger partial charge in [-0.15, -0.1) is 0 Å². The first-order chi connectivity index (χ1) is 8.54. The number of nitrogens with one attached hydrogen (secondary N) is 1. The molecule has 0 aliphatic rings. The highest BCUT2D eigenvalue weighted by Gasteiger charge is 2.13. The Morgan fingerprint density at radius 2 is 2.17 bits per heavy atom. The molecule has 1 aromatic rings. The molecule has 1 heterocycles. The normalized spacial score (nSPS) is 12.6. The summed E-state index contributed by atoms with van der Waals surface area (Å²) in [4.78, 5) is 4.00. The molecule has 1 unspecified atom stereocenters. The smallest absolute Gasteiger partial charge is 0.283 e. The SMILES string of the molecule is COc1ccc([NH+]([O-])O)c(OCCCC(C)C)n1. The van der Waals surface area contributed by atoms with E-state index in [-0.39, 0.29) is 11.6 Å². The number of ether oxygens (including phenoxy) is 2. The van der Waals surface area contributed by atoms with Crippen molar-refractivity contribution in [2.75, 3.05) is 13.7 Å². The Morgan fingerprint density at radius 3 is 2.72 bits per heavy atom. The van der Waals surface area contributed by atoms with Crippen LogP contribution >= 0.6 is 0 Å². The number of quaternary nitrogens is 1. The first kappa shape index (κ1) is 14.7. The minimum Gasteiger partial charge on any atom is -0.595 e. The van der Waals surface area contributed by atoms with Gasteiger partial charge in [0.15, 0.2) is 0 Å². The zero-order valence-corrected chi connectivity index (χ0v) is 11.0. The van der Waals surface area contributed by atoms with Crippen LogP contribution in [0.3, 0.4) is 0 Å². The van der Waals surface area contributed by atoms with Crippen molar-refractivity contribution in [1.82, 2.24) is 4.98 Å². The minimum atomic E-state index is -1.05. The molecule has 0 aromatic carbocycles. The van der Waals surface area contributed by atoms with Crippen molar-refractivity contribution < 1.29 is 19.9 Å². The fourth-order valence-electron chi connectivity index (χ4n) is 1.47. The van der Waals surface area contributed by atoms with E-state index in [1.807, 2.05) is 0 Å². The molecule has 0 spiro atoms. The second-order valence-corrected chi connectivity index (χ2v) is 4.40. The van der Waals surface area contributed by atoms with Gasteiger partial charge < -0.3 is 14.7 Å². The van der Waals surface area contributed by atoms with E-state index >= 15 is 0 Å². The molecule has 1 rings (SSSR count). The third-order valence-corrected chi connectivity index (χ3v) is 2.44. The van der Waals surface area contributed by atoms with Gasteiger partial charge in [-0.25, -0.2) is 5.21 Å². The van der Waals surface area contributed by atoms with Crippen LogP contribution in [0.4, 0.5) is 5.69 Å². The van der Waals surface area contributed by atoms with Crippen molar-refractivity contribution in [3.8, 4) is 11.8 Å². The van der Waals surface area contributed by atoms with Crippen LogP contribution in [0.15, 0.2) is 12.1 Å². The zero-order valence-electron chi connectivity index (χ0n) is 11.0. The second-order valence-electron chi connectivity index (χ2n) is 4.40. The average Bonchev–Trinajstić information content (AvgIpc) is 2.33. The summed E-state index contributed by atoms with van der Waals surface area (Å²) in [6.07, 6.45) is 1.90. The van der Waals surface area contributed by atoms with Crippen molar-refractivity contribution in [2.24, 2.45) is 5.92 Å². The van der Waals surface area contributed by atoms with Crippen LogP contribution in [-0.2, 0) is 0 Å². The summed E-state index contributed by atoms with van der Waals surface area (Å²) in [7, 11) is 1.48. The summed E-state index contributed by atoms with van der Waals surface area (Å²) < 4.78 is 10.4. The van der Waals surface area contributed by atoms with Crippen LogP contribution in [-0.4, -0.2) is 23.9 Å². The molecule has 0 aliphatic heterocycles. The minimum absolute atomic E-state index is 0.0559. The Kier molecular flexibility index (Phi) is 5.84. The Bertz CT molecular complexity index is 369. The van der Waals surface area contributed by atoms with Crippen LogP contribution in [0.25, 0.3) is 0 Å². The summed E-state index contributed by atoms with van der Waals surface area (Å²) in [5, 5.41) is 19.0. The van der Waals surface area contributed by atoms with Gasteiger partial charge in [-0.2, -0.15) is 10.2 Å². The summed E-state index contributed by atoms with van der Waals surface area (Å²) >= 11 is 0. The Labute approximate surface area is 107 Å². The molecule has 0 aliphatic carbocycles. The summed E-state index contributed by atoms with van der Waals surface area (Å²) in [6.45, 7) is 4.72. The van der Waals surface area contributed by atoms with E-state index in [0.29, 0.717) is 18.4 Å². The Hall–Kier alpha value is -1.37. The first-order valence-corrected chi connectivity index (χ1v) is 5.95. The molecule has 18 heavy (non-hydrogen) atoms. The molecular formula is C12H20N2O4. The highest BCUT2D eigenvalue weighted by atomic mass is 16.8. The van der Waals surface area contributed by atoms with Gasteiger partial charge in [0.25, 0.3) is 5.88 Å². The number of nitrogens with zero attached hydrogens (tertiary/aromatic N) is 1. The van der Waals surface area contributed by atoms with Gasteiger partial charge in [0, 0.05) is 12.1 Å². The van der Waals surface area contributed by atoms with Gasteiger partial charge in [0.2, 0.25) is 11.6 Å². The molecule has 0 bridgehead atoms. The Morgan fingerprint density at radius 1 is 1.44 bits per heavy atom. The molecule has 0 saturated carbocycles. The van der Waals surface area contributed by atoms with Gasteiger partial charge in [-0.05, 0) is 18.8 Å². The van der Waals surface area contributed by atoms with E-state index in [2.05, 4.69) is 18.8 Å². The maximum absolute atomic E-state index is 11.0. The van der Waals surface area contributed by atoms with Gasteiger partial charge in [0.1, 0.15) is 0 Å². The van der Waals surface area contributed by atoms with Crippen molar-refractivity contribution in [3.05, 3.63) is 17.3 Å². The van der Waals surface area contributed by atoms with Crippen LogP contribution in [0.1, 0.15) is 26.7 Å². The van der Waals surface area contributed by atoms with Crippen molar-refractivity contribution in [2.45, 2.75) is 26.7 Å². The van der Waals surface area contributed by atoms with Gasteiger partial charge in [-0.3, -0.25) is 0 Å². The third kappa shape index (κ3) is 4.48. The molecule has 102 valence electrons. The molecular weight excluding hydrogens is 236 g/mol. The largest absolute Gasteiger partial charge is 0.595 e. The molecule has 1 atom stereocenters. The van der Waals surface area contributed by atoms with Gasteiger partial charge in [0.05, 0.1) is 13.7 Å². The van der Waals surface area contributed by atoms with E-state index in [1.54, 1.807) is 0 Å². The Balaban J connectivity index is 2.66. The standard InChI is InChI=1S/C12H20N2O4/c1-9(2)5-4-8-18-12-10(14(15)16)6-7-11(13-12)17-3/h6-7,9,14-15H,4-5,8H2,1-3H3. The molecule has 0 radical (unpaired) electrons. The molecule has 0 amide bonds. The highest BCUT2D eigenvalue weighted by Crippen LogP contribution is 2.22.